The number of hydrogen-bond donors (Lipinski definition) is 0. The van der Waals surface area contributed by atoms with Crippen LogP contribution in [0.1, 0.15) is 96.4 Å². The molecule has 0 aliphatic carbocycles. The van der Waals surface area contributed by atoms with Gasteiger partial charge >= 0.3 is 0 Å². The van der Waals surface area contributed by atoms with Gasteiger partial charge in [0.25, 0.3) is 0 Å². The van der Waals surface area contributed by atoms with E-state index in [2.05, 4.69) is 90.0 Å². The van der Waals surface area contributed by atoms with Crippen LogP contribution in [0.5, 0.6) is 0 Å². The molecule has 0 amide bonds. The summed E-state index contributed by atoms with van der Waals surface area (Å²) < 4.78 is 0. The molecule has 0 aliphatic heterocycles. The minimum atomic E-state index is 0.272. The predicted molar refractivity (Wildman–Crippen MR) is 94.0 cm³/mol. The Labute approximate surface area is 130 Å². The van der Waals surface area contributed by atoms with Gasteiger partial charge in [-0.15, -0.1) is 0 Å². The van der Waals surface area contributed by atoms with Crippen molar-refractivity contribution in [2.45, 2.75) is 96.4 Å². The maximum atomic E-state index is 2.49. The second-order valence-corrected chi connectivity index (χ2v) is 11.2. The van der Waals surface area contributed by atoms with Crippen LogP contribution in [0, 0.1) is 33.0 Å². The van der Waals surface area contributed by atoms with Crippen LogP contribution >= 0.6 is 0 Å². The molecule has 0 heterocycles. The van der Waals surface area contributed by atoms with Crippen molar-refractivity contribution in [3.63, 3.8) is 0 Å². The van der Waals surface area contributed by atoms with E-state index in [1.165, 1.54) is 6.42 Å². The Morgan fingerprint density at radius 1 is 0.550 bits per heavy atom. The lowest BCUT2D eigenvalue weighted by Gasteiger charge is -2.65. The van der Waals surface area contributed by atoms with Crippen molar-refractivity contribution in [3.8, 4) is 0 Å². The first-order chi connectivity index (χ1) is 8.38. The fraction of sp³-hybridized carbons (Fsp3) is 1.00. The fourth-order valence-corrected chi connectivity index (χ4v) is 6.66. The Kier molecular flexibility index (Phi) is 5.33. The Hall–Kier alpha value is 0. The molecule has 122 valence electrons. The van der Waals surface area contributed by atoms with Crippen molar-refractivity contribution in [1.82, 2.24) is 0 Å². The Morgan fingerprint density at radius 3 is 0.950 bits per heavy atom. The van der Waals surface area contributed by atoms with E-state index in [0.29, 0.717) is 11.3 Å². The highest BCUT2D eigenvalue weighted by atomic mass is 14.6. The monoisotopic (exact) mass is 282 g/mol. The van der Waals surface area contributed by atoms with E-state index >= 15 is 0 Å². The summed E-state index contributed by atoms with van der Waals surface area (Å²) in [4.78, 5) is 0. The summed E-state index contributed by atoms with van der Waals surface area (Å²) >= 11 is 0. The van der Waals surface area contributed by atoms with E-state index in [0.717, 1.165) is 0 Å². The van der Waals surface area contributed by atoms with Crippen molar-refractivity contribution in [1.29, 1.82) is 0 Å². The van der Waals surface area contributed by atoms with Crippen LogP contribution in [0.3, 0.4) is 0 Å². The molecule has 0 aromatic heterocycles. The fourth-order valence-electron chi connectivity index (χ4n) is 6.66. The van der Waals surface area contributed by atoms with E-state index in [9.17, 15) is 0 Å². The molecule has 0 fully saturated rings. The molecule has 0 bridgehead atoms. The standard InChI is InChI=1S/C20H42/c1-15(14-16(2,3)4)20(17(5,6)7,18(8,9)10)19(11,12)13/h15H,14H2,1-13H3. The van der Waals surface area contributed by atoms with Crippen LogP contribution in [0.2, 0.25) is 0 Å². The van der Waals surface area contributed by atoms with E-state index in [1.807, 2.05) is 0 Å². The minimum Gasteiger partial charge on any atom is -0.0619 e. The Morgan fingerprint density at radius 2 is 0.800 bits per heavy atom. The zero-order valence-electron chi connectivity index (χ0n) is 16.8. The van der Waals surface area contributed by atoms with Crippen molar-refractivity contribution in [2.75, 3.05) is 0 Å². The third-order valence-electron chi connectivity index (χ3n) is 5.21. The van der Waals surface area contributed by atoms with Crippen molar-refractivity contribution in [2.24, 2.45) is 33.0 Å². The van der Waals surface area contributed by atoms with Crippen LogP contribution in [-0.4, -0.2) is 0 Å². The summed E-state index contributed by atoms with van der Waals surface area (Å²) in [6.45, 7) is 31.6. The normalized spacial score (nSPS) is 17.2. The predicted octanol–water partition coefficient (Wildman–Crippen LogP) is 7.18. The first-order valence-corrected chi connectivity index (χ1v) is 8.38. The molecule has 0 spiro atoms. The molecule has 20 heavy (non-hydrogen) atoms. The van der Waals surface area contributed by atoms with E-state index in [1.54, 1.807) is 0 Å². The lowest BCUT2D eigenvalue weighted by atomic mass is 9.39. The molecule has 0 aromatic carbocycles. The van der Waals surface area contributed by atoms with Crippen molar-refractivity contribution < 1.29 is 0 Å². The molecule has 1 atom stereocenters. The molecule has 0 aromatic rings. The zero-order valence-corrected chi connectivity index (χ0v) is 16.8. The average molecular weight is 283 g/mol. The lowest BCUT2D eigenvalue weighted by molar-refractivity contribution is -0.168. The van der Waals surface area contributed by atoms with Gasteiger partial charge in [-0.05, 0) is 39.4 Å². The van der Waals surface area contributed by atoms with Gasteiger partial charge in [0.1, 0.15) is 0 Å². The molecular formula is C20H42. The molecule has 0 N–H and O–H groups in total. The molecule has 0 saturated carbocycles. The SMILES string of the molecule is CC(CC(C)(C)C)C(C(C)(C)C)(C(C)(C)C)C(C)(C)C. The first kappa shape index (κ1) is 20.0. The summed E-state index contributed by atoms with van der Waals surface area (Å²) in [6, 6.07) is 0. The van der Waals surface area contributed by atoms with Gasteiger partial charge in [0.15, 0.2) is 0 Å². The maximum Gasteiger partial charge on any atom is -0.0126 e. The zero-order chi connectivity index (χ0) is 16.8. The van der Waals surface area contributed by atoms with Gasteiger partial charge in [0, 0.05) is 0 Å². The van der Waals surface area contributed by atoms with Gasteiger partial charge in [-0.25, -0.2) is 0 Å². The minimum absolute atomic E-state index is 0.272. The molecule has 0 radical (unpaired) electrons. The number of hydrogen-bond acceptors (Lipinski definition) is 0. The molecule has 0 nitrogen and oxygen atoms in total. The molecule has 0 saturated heterocycles. The van der Waals surface area contributed by atoms with Crippen LogP contribution < -0.4 is 0 Å². The third kappa shape index (κ3) is 3.60. The largest absolute Gasteiger partial charge is 0.0619 e. The van der Waals surface area contributed by atoms with Crippen LogP contribution in [-0.2, 0) is 0 Å². The highest BCUT2D eigenvalue weighted by molar-refractivity contribution is 5.08. The van der Waals surface area contributed by atoms with Crippen LogP contribution in [0.4, 0.5) is 0 Å². The Bertz CT molecular complexity index is 270. The first-order valence-electron chi connectivity index (χ1n) is 8.38. The van der Waals surface area contributed by atoms with E-state index in [4.69, 9.17) is 0 Å². The second kappa shape index (κ2) is 5.33. The highest BCUT2D eigenvalue weighted by Crippen LogP contribution is 2.66. The Balaban J connectivity index is 6.19. The quantitative estimate of drug-likeness (QED) is 0.503. The van der Waals surface area contributed by atoms with Gasteiger partial charge in [-0.3, -0.25) is 0 Å². The molecule has 0 heteroatoms. The van der Waals surface area contributed by atoms with Gasteiger partial charge in [-0.1, -0.05) is 90.0 Å². The molecule has 0 rings (SSSR count). The van der Waals surface area contributed by atoms with Crippen LogP contribution in [0.15, 0.2) is 0 Å². The molecular weight excluding hydrogens is 240 g/mol. The van der Waals surface area contributed by atoms with Gasteiger partial charge in [0.05, 0.1) is 0 Å². The summed E-state index contributed by atoms with van der Waals surface area (Å²) in [5.41, 5.74) is 1.48. The van der Waals surface area contributed by atoms with Gasteiger partial charge < -0.3 is 0 Å². The van der Waals surface area contributed by atoms with Crippen molar-refractivity contribution in [3.05, 3.63) is 0 Å². The van der Waals surface area contributed by atoms with Crippen LogP contribution in [0.25, 0.3) is 0 Å². The highest BCUT2D eigenvalue weighted by Gasteiger charge is 2.60. The maximum absolute atomic E-state index is 2.49. The molecule has 1 unspecified atom stereocenters. The summed E-state index contributed by atoms with van der Waals surface area (Å²) in [7, 11) is 0. The lowest BCUT2D eigenvalue weighted by Crippen LogP contribution is -2.59. The smallest absolute Gasteiger partial charge is 0.0126 e. The van der Waals surface area contributed by atoms with Gasteiger partial charge in [0.2, 0.25) is 0 Å². The molecule has 0 aliphatic rings. The summed E-state index contributed by atoms with van der Waals surface area (Å²) in [5.74, 6) is 0.683. The van der Waals surface area contributed by atoms with E-state index < -0.39 is 0 Å². The summed E-state index contributed by atoms with van der Waals surface area (Å²) in [5, 5.41) is 0. The second-order valence-electron chi connectivity index (χ2n) is 11.2. The topological polar surface area (TPSA) is 0 Å². The summed E-state index contributed by atoms with van der Waals surface area (Å²) in [6.07, 6.45) is 1.28. The average Bonchev–Trinajstić information content (AvgIpc) is 1.88. The van der Waals surface area contributed by atoms with Crippen molar-refractivity contribution >= 4 is 0 Å². The van der Waals surface area contributed by atoms with E-state index in [-0.39, 0.29) is 21.7 Å². The van der Waals surface area contributed by atoms with Gasteiger partial charge in [-0.2, -0.15) is 0 Å². The number of rotatable bonds is 2. The third-order valence-corrected chi connectivity index (χ3v) is 5.21.